The maximum Gasteiger partial charge on any atom is 0.410 e. The Morgan fingerprint density at radius 2 is 1.66 bits per heavy atom. The number of piperidine rings is 1. The molecule has 35 heavy (non-hydrogen) atoms. The summed E-state index contributed by atoms with van der Waals surface area (Å²) >= 11 is 0. The van der Waals surface area contributed by atoms with Crippen LogP contribution in [0.2, 0.25) is 0 Å². The number of carbonyl (C=O) groups is 2. The highest BCUT2D eigenvalue weighted by molar-refractivity contribution is 5.91. The molecule has 4 rings (SSSR count). The Labute approximate surface area is 205 Å². The molecule has 0 bridgehead atoms. The Morgan fingerprint density at radius 3 is 2.26 bits per heavy atom. The van der Waals surface area contributed by atoms with Crippen molar-refractivity contribution in [2.45, 2.75) is 45.5 Å². The van der Waals surface area contributed by atoms with Crippen LogP contribution in [-0.2, 0) is 32.0 Å². The maximum atomic E-state index is 13.0. The van der Waals surface area contributed by atoms with E-state index in [-0.39, 0.29) is 12.2 Å². The van der Waals surface area contributed by atoms with Crippen LogP contribution in [0.15, 0.2) is 66.1 Å². The zero-order chi connectivity index (χ0) is 25.1. The molecule has 2 aliphatic heterocycles. The molecule has 2 heterocycles. The molecule has 0 saturated carbocycles. The summed E-state index contributed by atoms with van der Waals surface area (Å²) < 4.78 is 21.7. The number of hydrogen-bond donors (Lipinski definition) is 1. The van der Waals surface area contributed by atoms with E-state index in [1.807, 2.05) is 54.6 Å². The van der Waals surface area contributed by atoms with Gasteiger partial charge in [0.2, 0.25) is 0 Å². The van der Waals surface area contributed by atoms with E-state index in [9.17, 15) is 14.7 Å². The molecule has 186 valence electrons. The molecule has 8 heteroatoms. The minimum absolute atomic E-state index is 0.116. The van der Waals surface area contributed by atoms with E-state index < -0.39 is 29.2 Å². The van der Waals surface area contributed by atoms with Gasteiger partial charge in [-0.05, 0) is 42.5 Å². The lowest BCUT2D eigenvalue weighted by Gasteiger charge is -2.44. The molecular formula is C27H31NO7. The molecule has 0 spiro atoms. The number of cyclic esters (lactones) is 1. The molecule has 2 aliphatic rings. The summed E-state index contributed by atoms with van der Waals surface area (Å²) in [4.78, 5) is 27.4. The average molecular weight is 482 g/mol. The largest absolute Gasteiger partial charge is 0.497 e. The zero-order valence-corrected chi connectivity index (χ0v) is 20.3. The topological polar surface area (TPSA) is 94.5 Å². The quantitative estimate of drug-likeness (QED) is 0.596. The van der Waals surface area contributed by atoms with Crippen LogP contribution in [0.1, 0.15) is 37.8 Å². The summed E-state index contributed by atoms with van der Waals surface area (Å²) in [5.74, 6) is -1.55. The second-order valence-corrected chi connectivity index (χ2v) is 9.40. The summed E-state index contributed by atoms with van der Waals surface area (Å²) in [6, 6.07) is 17.1. The number of esters is 1. The van der Waals surface area contributed by atoms with E-state index in [2.05, 4.69) is 0 Å². The Bertz CT molecular complexity index is 1080. The summed E-state index contributed by atoms with van der Waals surface area (Å²) in [6.07, 6.45) is 0.909. The first-order chi connectivity index (χ1) is 16.7. The van der Waals surface area contributed by atoms with E-state index >= 15 is 0 Å². The third-order valence-corrected chi connectivity index (χ3v) is 6.51. The maximum absolute atomic E-state index is 13.0. The molecule has 2 aromatic rings. The van der Waals surface area contributed by atoms with Crippen molar-refractivity contribution in [1.82, 2.24) is 4.90 Å². The SMILES string of the molecule is COc1ccc(CC2(C3=C(O)OC(C)(C)OC3=O)CCN(C(=O)OCc3ccccc3)CC2)cc1. The lowest BCUT2D eigenvalue weighted by molar-refractivity contribution is -0.225. The average Bonchev–Trinajstić information content (AvgIpc) is 2.83. The molecule has 0 atom stereocenters. The number of aliphatic hydroxyl groups is 1. The van der Waals surface area contributed by atoms with Crippen LogP contribution in [0.5, 0.6) is 5.75 Å². The number of carbonyl (C=O) groups excluding carboxylic acids is 2. The van der Waals surface area contributed by atoms with Gasteiger partial charge in [0.05, 0.1) is 7.11 Å². The number of hydrogen-bond acceptors (Lipinski definition) is 7. The fourth-order valence-electron chi connectivity index (χ4n) is 4.69. The van der Waals surface area contributed by atoms with E-state index in [0.717, 1.165) is 16.9 Å². The van der Waals surface area contributed by atoms with Gasteiger partial charge in [-0.15, -0.1) is 0 Å². The standard InChI is InChI=1S/C27H31NO7/c1-26(2)34-23(29)22(24(30)35-26)27(17-19-9-11-21(32-3)12-10-19)13-15-28(16-14-27)25(31)33-18-20-7-5-4-6-8-20/h4-12,29H,13-18H2,1-3H3. The summed E-state index contributed by atoms with van der Waals surface area (Å²) in [6.45, 7) is 4.04. The number of benzene rings is 2. The van der Waals surface area contributed by atoms with Crippen molar-refractivity contribution in [1.29, 1.82) is 0 Å². The molecule has 1 N–H and O–H groups in total. The molecule has 2 aromatic carbocycles. The van der Waals surface area contributed by atoms with Gasteiger partial charge in [-0.1, -0.05) is 42.5 Å². The van der Waals surface area contributed by atoms with Gasteiger partial charge in [-0.25, -0.2) is 9.59 Å². The van der Waals surface area contributed by atoms with Crippen molar-refractivity contribution in [3.63, 3.8) is 0 Å². The Hall–Kier alpha value is -3.68. The van der Waals surface area contributed by atoms with Gasteiger partial charge < -0.3 is 29.0 Å². The monoisotopic (exact) mass is 481 g/mol. The Balaban J connectivity index is 1.54. The normalized spacial score (nSPS) is 18.9. The first kappa shape index (κ1) is 24.4. The van der Waals surface area contributed by atoms with Gasteiger partial charge in [0, 0.05) is 32.4 Å². The summed E-state index contributed by atoms with van der Waals surface area (Å²) in [5.41, 5.74) is 1.21. The fourth-order valence-corrected chi connectivity index (χ4v) is 4.69. The van der Waals surface area contributed by atoms with E-state index in [1.54, 1.807) is 25.9 Å². The number of rotatable bonds is 6. The first-order valence-electron chi connectivity index (χ1n) is 11.7. The van der Waals surface area contributed by atoms with Gasteiger partial charge in [-0.3, -0.25) is 0 Å². The predicted molar refractivity (Wildman–Crippen MR) is 127 cm³/mol. The van der Waals surface area contributed by atoms with Crippen LogP contribution in [-0.4, -0.2) is 48.1 Å². The number of aliphatic hydroxyl groups excluding tert-OH is 1. The third-order valence-electron chi connectivity index (χ3n) is 6.51. The third kappa shape index (κ3) is 5.53. The highest BCUT2D eigenvalue weighted by Crippen LogP contribution is 2.46. The fraction of sp³-hybridized carbons (Fsp3) is 0.407. The van der Waals surface area contributed by atoms with Crippen LogP contribution in [0.4, 0.5) is 4.79 Å². The summed E-state index contributed by atoms with van der Waals surface area (Å²) in [7, 11) is 1.60. The lowest BCUT2D eigenvalue weighted by atomic mass is 9.68. The molecule has 0 aliphatic carbocycles. The number of likely N-dealkylation sites (tertiary alicyclic amines) is 1. The highest BCUT2D eigenvalue weighted by Gasteiger charge is 2.49. The molecule has 1 amide bonds. The van der Waals surface area contributed by atoms with Crippen LogP contribution in [0.25, 0.3) is 0 Å². The zero-order valence-electron chi connectivity index (χ0n) is 20.3. The molecule has 8 nitrogen and oxygen atoms in total. The van der Waals surface area contributed by atoms with Crippen molar-refractivity contribution in [3.8, 4) is 5.75 Å². The van der Waals surface area contributed by atoms with Crippen LogP contribution >= 0.6 is 0 Å². The second kappa shape index (κ2) is 9.90. The molecular weight excluding hydrogens is 450 g/mol. The minimum Gasteiger partial charge on any atom is -0.497 e. The van der Waals surface area contributed by atoms with Crippen molar-refractivity contribution in [2.24, 2.45) is 5.41 Å². The predicted octanol–water partition coefficient (Wildman–Crippen LogP) is 4.74. The van der Waals surface area contributed by atoms with Crippen molar-refractivity contribution < 1.29 is 33.6 Å². The van der Waals surface area contributed by atoms with Gasteiger partial charge in [-0.2, -0.15) is 0 Å². The number of amides is 1. The minimum atomic E-state index is -1.26. The van der Waals surface area contributed by atoms with E-state index in [0.29, 0.717) is 32.4 Å². The van der Waals surface area contributed by atoms with Crippen molar-refractivity contribution in [2.75, 3.05) is 20.2 Å². The molecule has 0 unspecified atom stereocenters. The van der Waals surface area contributed by atoms with Crippen LogP contribution in [0, 0.1) is 5.41 Å². The summed E-state index contributed by atoms with van der Waals surface area (Å²) in [5, 5.41) is 10.8. The van der Waals surface area contributed by atoms with Crippen molar-refractivity contribution in [3.05, 3.63) is 77.2 Å². The molecule has 0 radical (unpaired) electrons. The molecule has 1 saturated heterocycles. The Morgan fingerprint density at radius 1 is 1.00 bits per heavy atom. The van der Waals surface area contributed by atoms with Crippen LogP contribution < -0.4 is 4.74 Å². The number of methoxy groups -OCH3 is 1. The molecule has 0 aromatic heterocycles. The number of ether oxygens (including phenoxy) is 4. The highest BCUT2D eigenvalue weighted by atomic mass is 16.8. The number of nitrogens with zero attached hydrogens (tertiary/aromatic N) is 1. The first-order valence-corrected chi connectivity index (χ1v) is 11.7. The Kier molecular flexibility index (Phi) is 6.91. The van der Waals surface area contributed by atoms with E-state index in [4.69, 9.17) is 18.9 Å². The lowest BCUT2D eigenvalue weighted by Crippen LogP contribution is -2.49. The van der Waals surface area contributed by atoms with Gasteiger partial charge in [0.25, 0.3) is 11.7 Å². The second-order valence-electron chi connectivity index (χ2n) is 9.40. The van der Waals surface area contributed by atoms with Gasteiger partial charge >= 0.3 is 12.1 Å². The van der Waals surface area contributed by atoms with Crippen LogP contribution in [0.3, 0.4) is 0 Å². The van der Waals surface area contributed by atoms with Gasteiger partial charge in [0.1, 0.15) is 17.9 Å². The van der Waals surface area contributed by atoms with Gasteiger partial charge in [0.15, 0.2) is 0 Å². The smallest absolute Gasteiger partial charge is 0.410 e. The van der Waals surface area contributed by atoms with Crippen molar-refractivity contribution >= 4 is 12.1 Å². The van der Waals surface area contributed by atoms with E-state index in [1.165, 1.54) is 0 Å². The molecule has 1 fully saturated rings.